The number of ether oxygens (including phenoxy) is 1. The number of nitrogens with one attached hydrogen (secondary N) is 1. The van der Waals surface area contributed by atoms with Crippen molar-refractivity contribution in [3.05, 3.63) is 0 Å². The minimum absolute atomic E-state index is 0.0174. The largest absolute Gasteiger partial charge is 0.481 e. The quantitative estimate of drug-likeness (QED) is 0.767. The lowest BCUT2D eigenvalue weighted by atomic mass is 9.83. The van der Waals surface area contributed by atoms with Crippen LogP contribution in [0.5, 0.6) is 0 Å². The van der Waals surface area contributed by atoms with E-state index in [0.717, 1.165) is 6.42 Å². The van der Waals surface area contributed by atoms with Gasteiger partial charge >= 0.3 is 5.97 Å². The molecule has 114 valence electrons. The van der Waals surface area contributed by atoms with Crippen molar-refractivity contribution in [2.45, 2.75) is 44.8 Å². The second kappa shape index (κ2) is 6.10. The molecule has 2 heterocycles. The number of methoxy groups -OCH3 is 1. The van der Waals surface area contributed by atoms with Crippen molar-refractivity contribution in [3.8, 4) is 0 Å². The van der Waals surface area contributed by atoms with E-state index in [-0.39, 0.29) is 18.1 Å². The van der Waals surface area contributed by atoms with Crippen molar-refractivity contribution in [2.24, 2.45) is 5.41 Å². The maximum atomic E-state index is 12.4. The van der Waals surface area contributed by atoms with E-state index in [1.165, 1.54) is 0 Å². The summed E-state index contributed by atoms with van der Waals surface area (Å²) in [5.41, 5.74) is -0.746. The third kappa shape index (κ3) is 2.81. The van der Waals surface area contributed by atoms with Crippen LogP contribution in [0.1, 0.15) is 32.6 Å². The molecular weight excluding hydrogens is 260 g/mol. The zero-order valence-corrected chi connectivity index (χ0v) is 12.2. The standard InChI is InChI=1S/C14H24N2O4/c1-3-4-14(13(18)19)5-6-16(9-14)12(17)11-7-10(20-2)8-15-11/h10-11,15H,3-9H2,1-2H3,(H,18,19). The van der Waals surface area contributed by atoms with Crippen molar-refractivity contribution >= 4 is 11.9 Å². The van der Waals surface area contributed by atoms with Gasteiger partial charge in [-0.3, -0.25) is 9.59 Å². The zero-order chi connectivity index (χ0) is 14.8. The highest BCUT2D eigenvalue weighted by Crippen LogP contribution is 2.36. The Kier molecular flexibility index (Phi) is 4.65. The molecule has 0 spiro atoms. The number of hydrogen-bond acceptors (Lipinski definition) is 4. The van der Waals surface area contributed by atoms with Gasteiger partial charge < -0.3 is 20.1 Å². The first-order valence-electron chi connectivity index (χ1n) is 7.31. The van der Waals surface area contributed by atoms with E-state index in [4.69, 9.17) is 4.74 Å². The highest BCUT2D eigenvalue weighted by Gasteiger charge is 2.46. The van der Waals surface area contributed by atoms with Crippen LogP contribution in [0.2, 0.25) is 0 Å². The first kappa shape index (κ1) is 15.3. The van der Waals surface area contributed by atoms with Crippen LogP contribution >= 0.6 is 0 Å². The van der Waals surface area contributed by atoms with Crippen molar-refractivity contribution in [1.29, 1.82) is 0 Å². The smallest absolute Gasteiger partial charge is 0.311 e. The fourth-order valence-electron chi connectivity index (χ4n) is 3.32. The van der Waals surface area contributed by atoms with Gasteiger partial charge in [-0.05, 0) is 19.3 Å². The summed E-state index contributed by atoms with van der Waals surface area (Å²) in [6.45, 7) is 3.54. The number of carboxylic acid groups (broad SMARTS) is 1. The molecule has 3 atom stereocenters. The van der Waals surface area contributed by atoms with Crippen molar-refractivity contribution in [1.82, 2.24) is 10.2 Å². The maximum absolute atomic E-state index is 12.4. The van der Waals surface area contributed by atoms with Crippen molar-refractivity contribution in [3.63, 3.8) is 0 Å². The Hall–Kier alpha value is -1.14. The van der Waals surface area contributed by atoms with Gasteiger partial charge in [0, 0.05) is 26.7 Å². The molecule has 2 saturated heterocycles. The normalized spacial score (nSPS) is 33.6. The molecule has 20 heavy (non-hydrogen) atoms. The third-order valence-electron chi connectivity index (χ3n) is 4.57. The minimum atomic E-state index is -0.774. The molecule has 0 aromatic rings. The number of carboxylic acids is 1. The Labute approximate surface area is 119 Å². The van der Waals surface area contributed by atoms with Crippen LogP contribution in [0.3, 0.4) is 0 Å². The molecule has 2 aliphatic rings. The Balaban J connectivity index is 1.98. The predicted molar refractivity (Wildman–Crippen MR) is 73.4 cm³/mol. The summed E-state index contributed by atoms with van der Waals surface area (Å²) in [6, 6.07) is -0.230. The van der Waals surface area contributed by atoms with Crippen LogP contribution in [0.25, 0.3) is 0 Å². The Morgan fingerprint density at radius 2 is 2.25 bits per heavy atom. The summed E-state index contributed by atoms with van der Waals surface area (Å²) < 4.78 is 5.24. The van der Waals surface area contributed by atoms with E-state index in [0.29, 0.717) is 38.9 Å². The van der Waals surface area contributed by atoms with Gasteiger partial charge in [-0.15, -0.1) is 0 Å². The fraction of sp³-hybridized carbons (Fsp3) is 0.857. The Morgan fingerprint density at radius 3 is 2.80 bits per heavy atom. The highest BCUT2D eigenvalue weighted by atomic mass is 16.5. The SMILES string of the molecule is CCCC1(C(=O)O)CCN(C(=O)C2CC(OC)CN2)C1. The third-order valence-corrected chi connectivity index (χ3v) is 4.57. The van der Waals surface area contributed by atoms with Crippen LogP contribution < -0.4 is 5.32 Å². The van der Waals surface area contributed by atoms with Crippen LogP contribution in [0, 0.1) is 5.41 Å². The fourth-order valence-corrected chi connectivity index (χ4v) is 3.32. The van der Waals surface area contributed by atoms with Gasteiger partial charge in [0.25, 0.3) is 0 Å². The summed E-state index contributed by atoms with van der Waals surface area (Å²) in [6.07, 6.45) is 2.75. The van der Waals surface area contributed by atoms with Crippen LogP contribution in [-0.4, -0.2) is 60.8 Å². The topological polar surface area (TPSA) is 78.9 Å². The van der Waals surface area contributed by atoms with Crippen LogP contribution in [0.4, 0.5) is 0 Å². The number of amides is 1. The summed E-state index contributed by atoms with van der Waals surface area (Å²) in [7, 11) is 1.64. The molecule has 0 aromatic heterocycles. The maximum Gasteiger partial charge on any atom is 0.311 e. The second-order valence-electron chi connectivity index (χ2n) is 5.90. The number of rotatable bonds is 5. The molecule has 0 aliphatic carbocycles. The summed E-state index contributed by atoms with van der Waals surface area (Å²) in [4.78, 5) is 25.7. The molecule has 2 N–H and O–H groups in total. The molecule has 2 rings (SSSR count). The van der Waals surface area contributed by atoms with E-state index < -0.39 is 11.4 Å². The number of aliphatic carboxylic acids is 1. The van der Waals surface area contributed by atoms with Crippen molar-refractivity contribution in [2.75, 3.05) is 26.7 Å². The summed E-state index contributed by atoms with van der Waals surface area (Å²) >= 11 is 0. The molecule has 0 aromatic carbocycles. The van der Waals surface area contributed by atoms with Gasteiger partial charge in [0.05, 0.1) is 17.6 Å². The van der Waals surface area contributed by atoms with Gasteiger partial charge in [-0.1, -0.05) is 13.3 Å². The first-order valence-corrected chi connectivity index (χ1v) is 7.31. The molecule has 2 aliphatic heterocycles. The number of nitrogens with zero attached hydrogens (tertiary/aromatic N) is 1. The monoisotopic (exact) mass is 284 g/mol. The lowest BCUT2D eigenvalue weighted by Gasteiger charge is -2.25. The van der Waals surface area contributed by atoms with Crippen LogP contribution in [-0.2, 0) is 14.3 Å². The van der Waals surface area contributed by atoms with Gasteiger partial charge in [0.15, 0.2) is 0 Å². The molecule has 2 fully saturated rings. The molecule has 3 unspecified atom stereocenters. The second-order valence-corrected chi connectivity index (χ2v) is 5.90. The molecule has 6 nitrogen and oxygen atoms in total. The van der Waals surface area contributed by atoms with E-state index in [9.17, 15) is 14.7 Å². The molecular formula is C14H24N2O4. The molecule has 1 amide bonds. The van der Waals surface area contributed by atoms with E-state index in [1.54, 1.807) is 12.0 Å². The number of carbonyl (C=O) groups is 2. The van der Waals surface area contributed by atoms with Gasteiger partial charge in [0.2, 0.25) is 5.91 Å². The number of carbonyl (C=O) groups excluding carboxylic acids is 1. The van der Waals surface area contributed by atoms with E-state index >= 15 is 0 Å². The Bertz CT molecular complexity index is 387. The zero-order valence-electron chi connectivity index (χ0n) is 12.2. The predicted octanol–water partition coefficient (Wildman–Crippen LogP) is 0.467. The van der Waals surface area contributed by atoms with Gasteiger partial charge in [-0.2, -0.15) is 0 Å². The van der Waals surface area contributed by atoms with Crippen LogP contribution in [0.15, 0.2) is 0 Å². The van der Waals surface area contributed by atoms with E-state index in [1.807, 2.05) is 6.92 Å². The van der Waals surface area contributed by atoms with Gasteiger partial charge in [-0.25, -0.2) is 0 Å². The van der Waals surface area contributed by atoms with Gasteiger partial charge in [0.1, 0.15) is 0 Å². The average molecular weight is 284 g/mol. The Morgan fingerprint density at radius 1 is 1.50 bits per heavy atom. The molecule has 6 heteroatoms. The average Bonchev–Trinajstić information content (AvgIpc) is 3.05. The molecule has 0 bridgehead atoms. The lowest BCUT2D eigenvalue weighted by Crippen LogP contribution is -2.44. The van der Waals surface area contributed by atoms with Crippen molar-refractivity contribution < 1.29 is 19.4 Å². The lowest BCUT2D eigenvalue weighted by molar-refractivity contribution is -0.149. The highest BCUT2D eigenvalue weighted by molar-refractivity contribution is 5.84. The molecule has 0 saturated carbocycles. The summed E-state index contributed by atoms with van der Waals surface area (Å²) in [5.74, 6) is -0.757. The van der Waals surface area contributed by atoms with E-state index in [2.05, 4.69) is 5.32 Å². The first-order chi connectivity index (χ1) is 9.52. The minimum Gasteiger partial charge on any atom is -0.481 e. The summed E-state index contributed by atoms with van der Waals surface area (Å²) in [5, 5.41) is 12.6. The number of likely N-dealkylation sites (tertiary alicyclic amines) is 1. The molecule has 0 radical (unpaired) electrons. The number of hydrogen-bond donors (Lipinski definition) is 2.